The lowest BCUT2D eigenvalue weighted by molar-refractivity contribution is -0.120. The lowest BCUT2D eigenvalue weighted by Gasteiger charge is -2.14. The number of hydrogen-bond donors (Lipinski definition) is 2. The van der Waals surface area contributed by atoms with E-state index in [2.05, 4.69) is 22.2 Å². The van der Waals surface area contributed by atoms with Gasteiger partial charge in [-0.1, -0.05) is 6.92 Å². The molecule has 0 aromatic carbocycles. The molecule has 5 nitrogen and oxygen atoms in total. The first-order chi connectivity index (χ1) is 8.24. The molecule has 1 heterocycles. The Balaban J connectivity index is 2.29. The number of carbonyl (C=O) groups is 1. The number of carbonyl (C=O) groups excluding carboxylic acids is 1. The van der Waals surface area contributed by atoms with Crippen LogP contribution in [0.4, 0.5) is 0 Å². The molecule has 1 rings (SSSR count). The standard InChI is InChI=1S/C11H18N4OS/c1-2-5-14-9(11(12)16)4-7-17-10-3-6-13-8-15-10/h3,6,8-9,14H,2,4-5,7H2,1H3,(H2,12,16). The number of primary amides is 1. The molecule has 0 radical (unpaired) electrons. The number of nitrogens with two attached hydrogens (primary N) is 1. The summed E-state index contributed by atoms with van der Waals surface area (Å²) in [5, 5.41) is 4.05. The second-order valence-corrected chi connectivity index (χ2v) is 4.71. The van der Waals surface area contributed by atoms with Crippen molar-refractivity contribution in [2.24, 2.45) is 5.73 Å². The van der Waals surface area contributed by atoms with Gasteiger partial charge in [0, 0.05) is 11.9 Å². The molecule has 0 aliphatic rings. The van der Waals surface area contributed by atoms with Gasteiger partial charge in [0.05, 0.1) is 11.1 Å². The van der Waals surface area contributed by atoms with Gasteiger partial charge in [0.2, 0.25) is 5.91 Å². The van der Waals surface area contributed by atoms with E-state index in [0.717, 1.165) is 23.7 Å². The molecule has 6 heteroatoms. The maximum Gasteiger partial charge on any atom is 0.234 e. The molecule has 1 aromatic rings. The number of aromatic nitrogens is 2. The average molecular weight is 254 g/mol. The van der Waals surface area contributed by atoms with Crippen molar-refractivity contribution < 1.29 is 4.79 Å². The molecule has 0 bridgehead atoms. The third-order valence-corrected chi connectivity index (χ3v) is 3.17. The first kappa shape index (κ1) is 13.9. The molecule has 3 N–H and O–H groups in total. The Labute approximate surface area is 106 Å². The topological polar surface area (TPSA) is 80.9 Å². The van der Waals surface area contributed by atoms with Crippen molar-refractivity contribution in [1.29, 1.82) is 0 Å². The summed E-state index contributed by atoms with van der Waals surface area (Å²) in [4.78, 5) is 19.1. The summed E-state index contributed by atoms with van der Waals surface area (Å²) < 4.78 is 0. The Hall–Kier alpha value is -1.14. The third-order valence-electron chi connectivity index (χ3n) is 2.20. The largest absolute Gasteiger partial charge is 0.368 e. The Morgan fingerprint density at radius 3 is 3.06 bits per heavy atom. The highest BCUT2D eigenvalue weighted by Crippen LogP contribution is 2.15. The molecule has 1 atom stereocenters. The average Bonchev–Trinajstić information content (AvgIpc) is 2.34. The molecular weight excluding hydrogens is 236 g/mol. The van der Waals surface area contributed by atoms with Gasteiger partial charge in [0.15, 0.2) is 0 Å². The number of hydrogen-bond acceptors (Lipinski definition) is 5. The Morgan fingerprint density at radius 2 is 2.47 bits per heavy atom. The third kappa shape index (κ3) is 5.65. The number of nitrogens with one attached hydrogen (secondary N) is 1. The van der Waals surface area contributed by atoms with Crippen molar-refractivity contribution in [2.45, 2.75) is 30.8 Å². The van der Waals surface area contributed by atoms with Crippen LogP contribution in [0.5, 0.6) is 0 Å². The van der Waals surface area contributed by atoms with Crippen molar-refractivity contribution in [1.82, 2.24) is 15.3 Å². The maximum atomic E-state index is 11.2. The lowest BCUT2D eigenvalue weighted by atomic mass is 10.2. The van der Waals surface area contributed by atoms with Crippen LogP contribution in [-0.2, 0) is 4.79 Å². The molecule has 1 unspecified atom stereocenters. The molecule has 0 spiro atoms. The van der Waals surface area contributed by atoms with Gasteiger partial charge >= 0.3 is 0 Å². The SMILES string of the molecule is CCCNC(CCSc1ccncn1)C(N)=O. The van der Waals surface area contributed by atoms with Crippen LogP contribution in [0.25, 0.3) is 0 Å². The van der Waals surface area contributed by atoms with Crippen molar-refractivity contribution in [3.05, 3.63) is 18.6 Å². The van der Waals surface area contributed by atoms with Crippen LogP contribution in [0.2, 0.25) is 0 Å². The van der Waals surface area contributed by atoms with Crippen LogP contribution in [-0.4, -0.2) is 34.2 Å². The van der Waals surface area contributed by atoms with Gasteiger partial charge in [0.1, 0.15) is 6.33 Å². The van der Waals surface area contributed by atoms with E-state index in [1.54, 1.807) is 18.0 Å². The van der Waals surface area contributed by atoms with Crippen LogP contribution in [0.3, 0.4) is 0 Å². The van der Waals surface area contributed by atoms with E-state index in [1.807, 2.05) is 6.07 Å². The molecule has 1 amide bonds. The van der Waals surface area contributed by atoms with Gasteiger partial charge in [-0.15, -0.1) is 11.8 Å². The lowest BCUT2D eigenvalue weighted by Crippen LogP contribution is -2.41. The van der Waals surface area contributed by atoms with Crippen molar-refractivity contribution in [3.63, 3.8) is 0 Å². The highest BCUT2D eigenvalue weighted by atomic mass is 32.2. The van der Waals surface area contributed by atoms with Gasteiger partial charge in [0.25, 0.3) is 0 Å². The van der Waals surface area contributed by atoms with Crippen LogP contribution < -0.4 is 11.1 Å². The van der Waals surface area contributed by atoms with Gasteiger partial charge in [-0.25, -0.2) is 9.97 Å². The fraction of sp³-hybridized carbons (Fsp3) is 0.545. The predicted molar refractivity (Wildman–Crippen MR) is 68.6 cm³/mol. The molecule has 0 saturated carbocycles. The quantitative estimate of drug-likeness (QED) is 0.530. The second kappa shape index (κ2) is 8.03. The molecule has 94 valence electrons. The predicted octanol–water partition coefficient (Wildman–Crippen LogP) is 0.812. The van der Waals surface area contributed by atoms with E-state index in [9.17, 15) is 4.79 Å². The molecule has 1 aromatic heterocycles. The Bertz CT molecular complexity index is 334. The number of rotatable bonds is 8. The van der Waals surface area contributed by atoms with Gasteiger partial charge in [-0.2, -0.15) is 0 Å². The molecular formula is C11H18N4OS. The minimum absolute atomic E-state index is 0.246. The zero-order chi connectivity index (χ0) is 12.5. The fourth-order valence-electron chi connectivity index (χ4n) is 1.31. The maximum absolute atomic E-state index is 11.2. The van der Waals surface area contributed by atoms with E-state index in [-0.39, 0.29) is 11.9 Å². The summed E-state index contributed by atoms with van der Waals surface area (Å²) in [5.74, 6) is 0.517. The van der Waals surface area contributed by atoms with Crippen LogP contribution in [0, 0.1) is 0 Å². The van der Waals surface area contributed by atoms with Gasteiger partial charge in [-0.3, -0.25) is 4.79 Å². The molecule has 0 aliphatic heterocycles. The Kier molecular flexibility index (Phi) is 6.57. The normalized spacial score (nSPS) is 12.3. The summed E-state index contributed by atoms with van der Waals surface area (Å²) in [6.07, 6.45) is 4.92. The zero-order valence-corrected chi connectivity index (χ0v) is 10.7. The fourth-order valence-corrected chi connectivity index (χ4v) is 2.15. The van der Waals surface area contributed by atoms with E-state index < -0.39 is 0 Å². The molecule has 0 fully saturated rings. The number of amides is 1. The van der Waals surface area contributed by atoms with Crippen molar-refractivity contribution in [2.75, 3.05) is 12.3 Å². The highest BCUT2D eigenvalue weighted by molar-refractivity contribution is 7.99. The number of thioether (sulfide) groups is 1. The minimum atomic E-state index is -0.290. The summed E-state index contributed by atoms with van der Waals surface area (Å²) in [7, 11) is 0. The van der Waals surface area contributed by atoms with Crippen LogP contribution in [0.15, 0.2) is 23.6 Å². The highest BCUT2D eigenvalue weighted by Gasteiger charge is 2.13. The van der Waals surface area contributed by atoms with Gasteiger partial charge < -0.3 is 11.1 Å². The first-order valence-electron chi connectivity index (χ1n) is 5.65. The zero-order valence-electron chi connectivity index (χ0n) is 9.93. The van der Waals surface area contributed by atoms with Crippen molar-refractivity contribution in [3.8, 4) is 0 Å². The van der Waals surface area contributed by atoms with Crippen LogP contribution in [0.1, 0.15) is 19.8 Å². The number of nitrogens with zero attached hydrogens (tertiary/aromatic N) is 2. The molecule has 17 heavy (non-hydrogen) atoms. The first-order valence-corrected chi connectivity index (χ1v) is 6.64. The van der Waals surface area contributed by atoms with Crippen LogP contribution >= 0.6 is 11.8 Å². The smallest absolute Gasteiger partial charge is 0.234 e. The van der Waals surface area contributed by atoms with E-state index >= 15 is 0 Å². The van der Waals surface area contributed by atoms with E-state index in [1.165, 1.54) is 6.33 Å². The molecule has 0 saturated heterocycles. The van der Waals surface area contributed by atoms with Crippen molar-refractivity contribution >= 4 is 17.7 Å². The second-order valence-electron chi connectivity index (χ2n) is 3.59. The Morgan fingerprint density at radius 1 is 1.65 bits per heavy atom. The minimum Gasteiger partial charge on any atom is -0.368 e. The monoisotopic (exact) mass is 254 g/mol. The molecule has 0 aliphatic carbocycles. The summed E-state index contributed by atoms with van der Waals surface area (Å²) >= 11 is 1.60. The van der Waals surface area contributed by atoms with E-state index in [0.29, 0.717) is 6.42 Å². The van der Waals surface area contributed by atoms with E-state index in [4.69, 9.17) is 5.73 Å². The summed E-state index contributed by atoms with van der Waals surface area (Å²) in [5.41, 5.74) is 5.32. The summed E-state index contributed by atoms with van der Waals surface area (Å²) in [6.45, 7) is 2.87. The summed E-state index contributed by atoms with van der Waals surface area (Å²) in [6, 6.07) is 1.60. The van der Waals surface area contributed by atoms with Gasteiger partial charge in [-0.05, 0) is 25.5 Å².